The third kappa shape index (κ3) is 5.56. The summed E-state index contributed by atoms with van der Waals surface area (Å²) < 4.78 is 12.4. The van der Waals surface area contributed by atoms with Crippen LogP contribution in [0, 0.1) is 0 Å². The van der Waals surface area contributed by atoms with Gasteiger partial charge in [0.25, 0.3) is 0 Å². The summed E-state index contributed by atoms with van der Waals surface area (Å²) in [4.78, 5) is 0. The Bertz CT molecular complexity index is 1540. The number of hydrogen-bond acceptors (Lipinski definition) is 2. The molecule has 196 valence electrons. The highest BCUT2D eigenvalue weighted by Crippen LogP contribution is 2.51. The molecule has 1 atom stereocenters. The van der Waals surface area contributed by atoms with E-state index in [0.717, 1.165) is 17.9 Å². The molecule has 0 fully saturated rings. The van der Waals surface area contributed by atoms with Gasteiger partial charge in [-0.2, -0.15) is 0 Å². The van der Waals surface area contributed by atoms with Crippen molar-refractivity contribution in [2.75, 3.05) is 0 Å². The van der Waals surface area contributed by atoms with E-state index in [9.17, 15) is 0 Å². The summed E-state index contributed by atoms with van der Waals surface area (Å²) in [6.45, 7) is 3.44. The first-order valence-corrected chi connectivity index (χ1v) is 14.3. The van der Waals surface area contributed by atoms with E-state index in [2.05, 4.69) is 104 Å². The summed E-state index contributed by atoms with van der Waals surface area (Å²) in [6, 6.07) is 38.6. The summed E-state index contributed by atoms with van der Waals surface area (Å²) >= 11 is 0. The first-order valence-electron chi connectivity index (χ1n) is 14.3. The van der Waals surface area contributed by atoms with E-state index in [1.807, 2.05) is 12.1 Å². The molecule has 0 saturated heterocycles. The fourth-order valence-corrected chi connectivity index (χ4v) is 5.91. The monoisotopic (exact) mass is 512 g/mol. The van der Waals surface area contributed by atoms with E-state index in [1.165, 1.54) is 69.8 Å². The van der Waals surface area contributed by atoms with Gasteiger partial charge >= 0.3 is 0 Å². The lowest BCUT2D eigenvalue weighted by molar-refractivity contribution is 0.306. The Balaban J connectivity index is 1.30. The number of hydrogen-bond donors (Lipinski definition) is 0. The highest BCUT2D eigenvalue weighted by molar-refractivity contribution is 5.97. The third-order valence-corrected chi connectivity index (χ3v) is 7.91. The zero-order chi connectivity index (χ0) is 26.4. The van der Waals surface area contributed by atoms with Gasteiger partial charge in [0.15, 0.2) is 0 Å². The maximum atomic E-state index is 6.26. The van der Waals surface area contributed by atoms with Crippen LogP contribution in [0.25, 0.3) is 21.9 Å². The minimum absolute atomic E-state index is 0.381. The number of ether oxygens (including phenoxy) is 2. The summed E-state index contributed by atoms with van der Waals surface area (Å²) in [5, 5.41) is 2.58. The molecule has 0 aliphatic heterocycles. The van der Waals surface area contributed by atoms with Crippen LogP contribution in [0.5, 0.6) is 11.5 Å². The second kappa shape index (κ2) is 11.8. The maximum Gasteiger partial charge on any atom is 0.120 e. The molecule has 0 amide bonds. The highest BCUT2D eigenvalue weighted by Gasteiger charge is 2.30. The molecule has 0 saturated carbocycles. The third-order valence-electron chi connectivity index (χ3n) is 7.91. The SMILES string of the molecule is CCCCCCC1c2cc(OCc3ccccc3)ccc2-c2ccc3cc(OCc4ccccc4)ccc3c21. The molecule has 0 radical (unpaired) electrons. The van der Waals surface area contributed by atoms with Gasteiger partial charge in [0.05, 0.1) is 0 Å². The van der Waals surface area contributed by atoms with E-state index in [1.54, 1.807) is 0 Å². The van der Waals surface area contributed by atoms with Gasteiger partial charge in [0, 0.05) is 5.92 Å². The first kappa shape index (κ1) is 25.2. The lowest BCUT2D eigenvalue weighted by atomic mass is 9.88. The Labute approximate surface area is 232 Å². The van der Waals surface area contributed by atoms with Gasteiger partial charge in [-0.05, 0) is 74.8 Å². The largest absolute Gasteiger partial charge is 0.489 e. The van der Waals surface area contributed by atoms with Gasteiger partial charge in [-0.25, -0.2) is 0 Å². The predicted molar refractivity (Wildman–Crippen MR) is 162 cm³/mol. The molecule has 0 N–H and O–H groups in total. The molecule has 1 unspecified atom stereocenters. The Morgan fingerprint density at radius 2 is 1.23 bits per heavy atom. The van der Waals surface area contributed by atoms with E-state index in [0.29, 0.717) is 19.1 Å². The van der Waals surface area contributed by atoms with Crippen LogP contribution < -0.4 is 9.47 Å². The Hall–Kier alpha value is -4.04. The van der Waals surface area contributed by atoms with Crippen LogP contribution in [0.3, 0.4) is 0 Å². The Kier molecular flexibility index (Phi) is 7.63. The predicted octanol–water partition coefficient (Wildman–Crippen LogP) is 10.1. The molecule has 5 aromatic carbocycles. The van der Waals surface area contributed by atoms with Crippen molar-refractivity contribution in [3.8, 4) is 22.6 Å². The van der Waals surface area contributed by atoms with Crippen LogP contribution in [0.15, 0.2) is 109 Å². The van der Waals surface area contributed by atoms with Gasteiger partial charge in [-0.3, -0.25) is 0 Å². The molecule has 0 heterocycles. The molecule has 0 aromatic heterocycles. The average Bonchev–Trinajstić information content (AvgIpc) is 3.31. The minimum atomic E-state index is 0.381. The number of fused-ring (bicyclic) bond motifs is 5. The summed E-state index contributed by atoms with van der Waals surface area (Å²) in [5.41, 5.74) is 7.96. The minimum Gasteiger partial charge on any atom is -0.489 e. The van der Waals surface area contributed by atoms with Gasteiger partial charge in [-0.1, -0.05) is 118 Å². The molecule has 6 rings (SSSR count). The summed E-state index contributed by atoms with van der Waals surface area (Å²) in [7, 11) is 0. The van der Waals surface area contributed by atoms with Crippen LogP contribution in [-0.4, -0.2) is 0 Å². The fourth-order valence-electron chi connectivity index (χ4n) is 5.91. The standard InChI is InChI=1S/C37H36O2/c1-2-3-4-11-16-34-36-24-31(39-26-28-14-9-6-10-15-28)19-22-33(36)35-20-17-29-23-30(18-21-32(29)37(34)35)38-25-27-12-7-5-8-13-27/h5-10,12-15,17-24,34H,2-4,11,16,25-26H2,1H3. The lowest BCUT2D eigenvalue weighted by Gasteiger charge is -2.17. The molecular weight excluding hydrogens is 476 g/mol. The van der Waals surface area contributed by atoms with Gasteiger partial charge in [-0.15, -0.1) is 0 Å². The zero-order valence-corrected chi connectivity index (χ0v) is 22.7. The van der Waals surface area contributed by atoms with Crippen LogP contribution in [-0.2, 0) is 13.2 Å². The second-order valence-electron chi connectivity index (χ2n) is 10.6. The fraction of sp³-hybridized carbons (Fsp3) is 0.243. The molecule has 5 aromatic rings. The van der Waals surface area contributed by atoms with Gasteiger partial charge in [0.1, 0.15) is 24.7 Å². The summed E-state index contributed by atoms with van der Waals surface area (Å²) in [6.07, 6.45) is 6.23. The number of benzene rings is 5. The zero-order valence-electron chi connectivity index (χ0n) is 22.7. The quantitative estimate of drug-likeness (QED) is 0.164. The summed E-state index contributed by atoms with van der Waals surface area (Å²) in [5.74, 6) is 2.25. The normalized spacial score (nSPS) is 13.7. The Morgan fingerprint density at radius 3 is 1.92 bits per heavy atom. The second-order valence-corrected chi connectivity index (χ2v) is 10.6. The molecular formula is C37H36O2. The van der Waals surface area contributed by atoms with Crippen LogP contribution in [0.1, 0.15) is 67.2 Å². The molecule has 1 aliphatic rings. The molecule has 2 heteroatoms. The van der Waals surface area contributed by atoms with Crippen LogP contribution in [0.4, 0.5) is 0 Å². The molecule has 0 spiro atoms. The molecule has 0 bridgehead atoms. The molecule has 2 nitrogen and oxygen atoms in total. The van der Waals surface area contributed by atoms with Crippen molar-refractivity contribution in [2.45, 2.75) is 58.2 Å². The van der Waals surface area contributed by atoms with Crippen molar-refractivity contribution < 1.29 is 9.47 Å². The maximum absolute atomic E-state index is 6.26. The van der Waals surface area contributed by atoms with Crippen molar-refractivity contribution in [1.82, 2.24) is 0 Å². The number of rotatable bonds is 11. The first-order chi connectivity index (χ1) is 19.3. The van der Waals surface area contributed by atoms with Gasteiger partial charge in [0.2, 0.25) is 0 Å². The van der Waals surface area contributed by atoms with Crippen molar-refractivity contribution in [1.29, 1.82) is 0 Å². The highest BCUT2D eigenvalue weighted by atomic mass is 16.5. The van der Waals surface area contributed by atoms with Crippen LogP contribution in [0.2, 0.25) is 0 Å². The smallest absolute Gasteiger partial charge is 0.120 e. The van der Waals surface area contributed by atoms with Crippen molar-refractivity contribution in [3.63, 3.8) is 0 Å². The number of unbranched alkanes of at least 4 members (excludes halogenated alkanes) is 3. The van der Waals surface area contributed by atoms with Gasteiger partial charge < -0.3 is 9.47 Å². The van der Waals surface area contributed by atoms with E-state index < -0.39 is 0 Å². The van der Waals surface area contributed by atoms with E-state index >= 15 is 0 Å². The molecule has 1 aliphatic carbocycles. The van der Waals surface area contributed by atoms with Crippen LogP contribution >= 0.6 is 0 Å². The topological polar surface area (TPSA) is 18.5 Å². The van der Waals surface area contributed by atoms with Crippen molar-refractivity contribution >= 4 is 10.8 Å². The van der Waals surface area contributed by atoms with E-state index in [4.69, 9.17) is 9.47 Å². The van der Waals surface area contributed by atoms with E-state index in [-0.39, 0.29) is 0 Å². The van der Waals surface area contributed by atoms with Crippen molar-refractivity contribution in [3.05, 3.63) is 131 Å². The lowest BCUT2D eigenvalue weighted by Crippen LogP contribution is -2.00. The Morgan fingerprint density at radius 1 is 0.590 bits per heavy atom. The average molecular weight is 513 g/mol. The molecule has 39 heavy (non-hydrogen) atoms. The van der Waals surface area contributed by atoms with Crippen molar-refractivity contribution in [2.24, 2.45) is 0 Å².